The molecule has 74 valence electrons. The van der Waals surface area contributed by atoms with Crippen LogP contribution in [-0.4, -0.2) is 30.2 Å². The molecule has 0 fully saturated rings. The minimum atomic E-state index is -0.960. The second-order valence-electron chi connectivity index (χ2n) is 3.04. The van der Waals surface area contributed by atoms with Gasteiger partial charge in [-0.2, -0.15) is 0 Å². The Morgan fingerprint density at radius 1 is 1.57 bits per heavy atom. The summed E-state index contributed by atoms with van der Waals surface area (Å²) in [7, 11) is 3.61. The third kappa shape index (κ3) is 2.10. The maximum absolute atomic E-state index is 10.8. The summed E-state index contributed by atoms with van der Waals surface area (Å²) in [5, 5.41) is 8.83. The van der Waals surface area contributed by atoms with E-state index in [-0.39, 0.29) is 5.56 Å². The number of aromatic carboxylic acids is 1. The summed E-state index contributed by atoms with van der Waals surface area (Å²) in [6.07, 6.45) is 1.53. The predicted octanol–water partition coefficient (Wildman–Crippen LogP) is 1.49. The van der Waals surface area contributed by atoms with Gasteiger partial charge < -0.3 is 10.0 Å². The third-order valence-corrected chi connectivity index (χ3v) is 1.75. The topological polar surface area (TPSA) is 53.4 Å². The zero-order valence-corrected chi connectivity index (χ0v) is 8.19. The Morgan fingerprint density at radius 3 is 2.64 bits per heavy atom. The number of nitrogens with zero attached hydrogens (tertiary/aromatic N) is 2. The number of carboxylic acid groups (broad SMARTS) is 1. The van der Waals surface area contributed by atoms with Crippen LogP contribution in [0.25, 0.3) is 6.08 Å². The van der Waals surface area contributed by atoms with Crippen LogP contribution in [0, 0.1) is 0 Å². The largest absolute Gasteiger partial charge is 0.478 e. The van der Waals surface area contributed by atoms with E-state index in [1.54, 1.807) is 19.0 Å². The first kappa shape index (κ1) is 10.2. The van der Waals surface area contributed by atoms with E-state index < -0.39 is 5.97 Å². The molecule has 14 heavy (non-hydrogen) atoms. The Morgan fingerprint density at radius 2 is 2.21 bits per heavy atom. The van der Waals surface area contributed by atoms with Crippen LogP contribution in [0.5, 0.6) is 0 Å². The maximum Gasteiger partial charge on any atom is 0.335 e. The standard InChI is InChI=1S/C10H12N2O2/c1-4-8-5-7(10(13)14)6-9(11-8)12(2)3/h4-6H,1H2,2-3H3,(H,13,14). The SMILES string of the molecule is C=Cc1cc(C(=O)O)cc(N(C)C)n1. The molecule has 0 saturated heterocycles. The second kappa shape index (κ2) is 3.91. The number of carboxylic acids is 1. The molecule has 1 heterocycles. The average molecular weight is 192 g/mol. The van der Waals surface area contributed by atoms with Crippen molar-refractivity contribution in [3.63, 3.8) is 0 Å². The minimum Gasteiger partial charge on any atom is -0.478 e. The van der Waals surface area contributed by atoms with Gasteiger partial charge in [0.25, 0.3) is 0 Å². The van der Waals surface area contributed by atoms with Crippen molar-refractivity contribution >= 4 is 17.9 Å². The third-order valence-electron chi connectivity index (χ3n) is 1.75. The molecule has 4 nitrogen and oxygen atoms in total. The number of hydrogen-bond acceptors (Lipinski definition) is 3. The highest BCUT2D eigenvalue weighted by atomic mass is 16.4. The van der Waals surface area contributed by atoms with Crippen molar-refractivity contribution in [2.45, 2.75) is 0 Å². The van der Waals surface area contributed by atoms with Gasteiger partial charge in [0, 0.05) is 14.1 Å². The molecule has 0 atom stereocenters. The summed E-state index contributed by atoms with van der Waals surface area (Å²) < 4.78 is 0. The minimum absolute atomic E-state index is 0.221. The second-order valence-corrected chi connectivity index (χ2v) is 3.04. The summed E-state index contributed by atoms with van der Waals surface area (Å²) in [5.41, 5.74) is 0.784. The molecular weight excluding hydrogens is 180 g/mol. The Bertz CT molecular complexity index is 372. The van der Waals surface area contributed by atoms with Gasteiger partial charge >= 0.3 is 5.97 Å². The van der Waals surface area contributed by atoms with Gasteiger partial charge in [-0.3, -0.25) is 0 Å². The fourth-order valence-corrected chi connectivity index (χ4v) is 0.994. The molecule has 0 unspecified atom stereocenters. The van der Waals surface area contributed by atoms with Crippen molar-refractivity contribution < 1.29 is 9.90 Å². The van der Waals surface area contributed by atoms with Crippen LogP contribution in [0.1, 0.15) is 16.1 Å². The highest BCUT2D eigenvalue weighted by molar-refractivity contribution is 5.89. The normalized spacial score (nSPS) is 9.57. The fraction of sp³-hybridized carbons (Fsp3) is 0.200. The lowest BCUT2D eigenvalue weighted by molar-refractivity contribution is 0.0697. The number of aromatic nitrogens is 1. The van der Waals surface area contributed by atoms with E-state index in [0.29, 0.717) is 11.5 Å². The first-order valence-electron chi connectivity index (χ1n) is 4.09. The molecule has 0 saturated carbocycles. The number of pyridine rings is 1. The smallest absolute Gasteiger partial charge is 0.335 e. The lowest BCUT2D eigenvalue weighted by atomic mass is 10.2. The highest BCUT2D eigenvalue weighted by Gasteiger charge is 2.07. The van der Waals surface area contributed by atoms with Crippen LogP contribution in [0.2, 0.25) is 0 Å². The Labute approximate surface area is 82.5 Å². The van der Waals surface area contributed by atoms with Crippen molar-refractivity contribution in [1.29, 1.82) is 0 Å². The van der Waals surface area contributed by atoms with E-state index >= 15 is 0 Å². The summed E-state index contributed by atoms with van der Waals surface area (Å²) in [6, 6.07) is 3.01. The van der Waals surface area contributed by atoms with Gasteiger partial charge in [0.1, 0.15) is 5.82 Å². The molecule has 4 heteroatoms. The van der Waals surface area contributed by atoms with Gasteiger partial charge in [-0.1, -0.05) is 6.58 Å². The van der Waals surface area contributed by atoms with Gasteiger partial charge in [-0.15, -0.1) is 0 Å². The van der Waals surface area contributed by atoms with Crippen molar-refractivity contribution in [3.05, 3.63) is 30.0 Å². The molecule has 0 aliphatic carbocycles. The van der Waals surface area contributed by atoms with Crippen molar-refractivity contribution in [2.75, 3.05) is 19.0 Å². The number of rotatable bonds is 3. The van der Waals surface area contributed by atoms with Crippen LogP contribution in [-0.2, 0) is 0 Å². The number of carbonyl (C=O) groups is 1. The molecule has 0 aliphatic rings. The lowest BCUT2D eigenvalue weighted by Gasteiger charge is -2.12. The van der Waals surface area contributed by atoms with E-state index in [4.69, 9.17) is 5.11 Å². The molecule has 1 rings (SSSR count). The average Bonchev–Trinajstić information content (AvgIpc) is 2.16. The predicted molar refractivity (Wildman–Crippen MR) is 55.6 cm³/mol. The van der Waals surface area contributed by atoms with E-state index in [0.717, 1.165) is 0 Å². The van der Waals surface area contributed by atoms with Crippen molar-refractivity contribution in [1.82, 2.24) is 4.98 Å². The van der Waals surface area contributed by atoms with Crippen LogP contribution < -0.4 is 4.90 Å². The number of hydrogen-bond donors (Lipinski definition) is 1. The molecule has 1 aromatic heterocycles. The van der Waals surface area contributed by atoms with E-state index in [9.17, 15) is 4.79 Å². The van der Waals surface area contributed by atoms with Crippen LogP contribution in [0.4, 0.5) is 5.82 Å². The fourth-order valence-electron chi connectivity index (χ4n) is 0.994. The van der Waals surface area contributed by atoms with Crippen LogP contribution in [0.3, 0.4) is 0 Å². The van der Waals surface area contributed by atoms with E-state index in [1.807, 2.05) is 0 Å². The quantitative estimate of drug-likeness (QED) is 0.788. The Kier molecular flexibility index (Phi) is 2.86. The van der Waals surface area contributed by atoms with Gasteiger partial charge in [0.15, 0.2) is 0 Å². The van der Waals surface area contributed by atoms with Gasteiger partial charge in [-0.25, -0.2) is 9.78 Å². The molecule has 0 spiro atoms. The van der Waals surface area contributed by atoms with Crippen molar-refractivity contribution in [2.24, 2.45) is 0 Å². The molecule has 0 aliphatic heterocycles. The van der Waals surface area contributed by atoms with Gasteiger partial charge in [0.2, 0.25) is 0 Å². The van der Waals surface area contributed by atoms with Crippen molar-refractivity contribution in [3.8, 4) is 0 Å². The molecule has 1 aromatic rings. The lowest BCUT2D eigenvalue weighted by Crippen LogP contribution is -2.12. The summed E-state index contributed by atoms with van der Waals surface area (Å²) in [5.74, 6) is -0.349. The van der Waals surface area contributed by atoms with Gasteiger partial charge in [0.05, 0.1) is 11.3 Å². The Hall–Kier alpha value is -1.84. The Balaban J connectivity index is 3.27. The summed E-state index contributed by atoms with van der Waals surface area (Å²) >= 11 is 0. The monoisotopic (exact) mass is 192 g/mol. The maximum atomic E-state index is 10.8. The first-order chi connectivity index (χ1) is 6.54. The molecule has 0 amide bonds. The zero-order chi connectivity index (χ0) is 10.7. The van der Waals surface area contributed by atoms with E-state index in [2.05, 4.69) is 11.6 Å². The summed E-state index contributed by atoms with van der Waals surface area (Å²) in [4.78, 5) is 16.7. The molecule has 0 bridgehead atoms. The van der Waals surface area contributed by atoms with Crippen LogP contribution >= 0.6 is 0 Å². The zero-order valence-electron chi connectivity index (χ0n) is 8.19. The number of anilines is 1. The summed E-state index contributed by atoms with van der Waals surface area (Å²) in [6.45, 7) is 3.56. The first-order valence-corrected chi connectivity index (χ1v) is 4.09. The van der Waals surface area contributed by atoms with Gasteiger partial charge in [-0.05, 0) is 18.2 Å². The molecule has 1 N–H and O–H groups in total. The van der Waals surface area contributed by atoms with Crippen LogP contribution in [0.15, 0.2) is 18.7 Å². The van der Waals surface area contributed by atoms with E-state index in [1.165, 1.54) is 18.2 Å². The molecule has 0 aromatic carbocycles. The highest BCUT2D eigenvalue weighted by Crippen LogP contribution is 2.13. The molecule has 0 radical (unpaired) electrons. The molecular formula is C10H12N2O2.